The molecule has 1 heterocycles. The van der Waals surface area contributed by atoms with Crippen LogP contribution in [-0.2, 0) is 13.1 Å². The van der Waals surface area contributed by atoms with Crippen molar-refractivity contribution < 1.29 is 4.39 Å². The van der Waals surface area contributed by atoms with Crippen molar-refractivity contribution >= 4 is 5.69 Å². The summed E-state index contributed by atoms with van der Waals surface area (Å²) >= 11 is 0. The predicted octanol–water partition coefficient (Wildman–Crippen LogP) is 2.65. The molecule has 2 rings (SSSR count). The Kier molecular flexibility index (Phi) is 3.19. The Hall–Kier alpha value is -1.84. The number of rotatable bonds is 4. The number of aromatic nitrogens is 2. The first kappa shape index (κ1) is 10.7. The Morgan fingerprint density at radius 2 is 2.31 bits per heavy atom. The van der Waals surface area contributed by atoms with Crippen molar-refractivity contribution in [3.8, 4) is 0 Å². The smallest absolute Gasteiger partial charge is 0.128 e. The third kappa shape index (κ3) is 2.39. The van der Waals surface area contributed by atoms with Gasteiger partial charge in [-0.2, -0.15) is 0 Å². The van der Waals surface area contributed by atoms with Crippen molar-refractivity contribution in [3.63, 3.8) is 0 Å². The summed E-state index contributed by atoms with van der Waals surface area (Å²) in [4.78, 5) is 4.23. The van der Waals surface area contributed by atoms with E-state index in [4.69, 9.17) is 0 Å². The number of aryl methyl sites for hydroxylation is 1. The molecule has 3 nitrogen and oxygen atoms in total. The fourth-order valence-corrected chi connectivity index (χ4v) is 1.57. The number of halogens is 1. The molecule has 0 amide bonds. The van der Waals surface area contributed by atoms with E-state index in [-0.39, 0.29) is 5.82 Å². The SMILES string of the molecule is CCn1ccnc1CNc1cccc(F)c1. The van der Waals surface area contributed by atoms with Gasteiger partial charge in [0.1, 0.15) is 11.6 Å². The highest BCUT2D eigenvalue weighted by atomic mass is 19.1. The molecule has 1 aromatic carbocycles. The average Bonchev–Trinajstić information content (AvgIpc) is 2.74. The first-order valence-electron chi connectivity index (χ1n) is 5.29. The molecule has 0 saturated heterocycles. The van der Waals surface area contributed by atoms with Gasteiger partial charge in [0, 0.05) is 24.6 Å². The van der Waals surface area contributed by atoms with Crippen molar-refractivity contribution in [2.45, 2.75) is 20.0 Å². The minimum Gasteiger partial charge on any atom is -0.378 e. The molecule has 84 valence electrons. The second kappa shape index (κ2) is 4.79. The lowest BCUT2D eigenvalue weighted by Crippen LogP contribution is -2.07. The number of imidazole rings is 1. The normalized spacial score (nSPS) is 10.4. The maximum atomic E-state index is 12.9. The fraction of sp³-hybridized carbons (Fsp3) is 0.250. The number of anilines is 1. The molecule has 0 aliphatic heterocycles. The van der Waals surface area contributed by atoms with E-state index in [0.29, 0.717) is 6.54 Å². The first-order valence-corrected chi connectivity index (χ1v) is 5.29. The van der Waals surface area contributed by atoms with Gasteiger partial charge in [-0.3, -0.25) is 0 Å². The third-order valence-electron chi connectivity index (χ3n) is 2.42. The molecule has 0 saturated carbocycles. The van der Waals surface area contributed by atoms with Gasteiger partial charge in [-0.15, -0.1) is 0 Å². The monoisotopic (exact) mass is 219 g/mol. The minimum atomic E-state index is -0.233. The second-order valence-electron chi connectivity index (χ2n) is 3.49. The Labute approximate surface area is 93.9 Å². The Balaban J connectivity index is 2.02. The van der Waals surface area contributed by atoms with Gasteiger partial charge >= 0.3 is 0 Å². The molecular weight excluding hydrogens is 205 g/mol. The molecule has 1 aromatic heterocycles. The van der Waals surface area contributed by atoms with Crippen LogP contribution >= 0.6 is 0 Å². The third-order valence-corrected chi connectivity index (χ3v) is 2.42. The molecule has 4 heteroatoms. The van der Waals surface area contributed by atoms with Gasteiger partial charge in [0.15, 0.2) is 0 Å². The number of benzene rings is 1. The summed E-state index contributed by atoms with van der Waals surface area (Å²) in [6.07, 6.45) is 3.70. The van der Waals surface area contributed by atoms with Crippen LogP contribution in [0.2, 0.25) is 0 Å². The number of hydrogen-bond donors (Lipinski definition) is 1. The van der Waals surface area contributed by atoms with E-state index >= 15 is 0 Å². The molecule has 0 radical (unpaired) electrons. The lowest BCUT2D eigenvalue weighted by atomic mass is 10.3. The Bertz CT molecular complexity index is 465. The summed E-state index contributed by atoms with van der Waals surface area (Å²) < 4.78 is 15.0. The van der Waals surface area contributed by atoms with Gasteiger partial charge in [0.05, 0.1) is 6.54 Å². The van der Waals surface area contributed by atoms with Crippen LogP contribution in [0, 0.1) is 5.82 Å². The van der Waals surface area contributed by atoms with Crippen molar-refractivity contribution in [1.29, 1.82) is 0 Å². The highest BCUT2D eigenvalue weighted by molar-refractivity contribution is 5.43. The molecule has 0 spiro atoms. The Morgan fingerprint density at radius 1 is 1.44 bits per heavy atom. The topological polar surface area (TPSA) is 29.9 Å². The zero-order valence-corrected chi connectivity index (χ0v) is 9.15. The molecule has 0 aliphatic carbocycles. The van der Waals surface area contributed by atoms with Gasteiger partial charge in [0.2, 0.25) is 0 Å². The zero-order valence-electron chi connectivity index (χ0n) is 9.15. The van der Waals surface area contributed by atoms with Crippen molar-refractivity contribution in [1.82, 2.24) is 9.55 Å². The lowest BCUT2D eigenvalue weighted by molar-refractivity contribution is 0.628. The van der Waals surface area contributed by atoms with Crippen LogP contribution in [0.1, 0.15) is 12.7 Å². The number of nitrogens with zero attached hydrogens (tertiary/aromatic N) is 2. The first-order chi connectivity index (χ1) is 7.79. The maximum absolute atomic E-state index is 12.9. The molecular formula is C12H14FN3. The van der Waals surface area contributed by atoms with E-state index in [1.54, 1.807) is 12.3 Å². The maximum Gasteiger partial charge on any atom is 0.128 e. The standard InChI is InChI=1S/C12H14FN3/c1-2-16-7-6-14-12(16)9-15-11-5-3-4-10(13)8-11/h3-8,15H,2,9H2,1H3. The van der Waals surface area contributed by atoms with Gasteiger partial charge in [-0.1, -0.05) is 6.07 Å². The summed E-state index contributed by atoms with van der Waals surface area (Å²) in [5.41, 5.74) is 0.769. The quantitative estimate of drug-likeness (QED) is 0.856. The molecule has 0 aliphatic rings. The van der Waals surface area contributed by atoms with Gasteiger partial charge in [-0.05, 0) is 25.1 Å². The molecule has 2 aromatic rings. The molecule has 16 heavy (non-hydrogen) atoms. The van der Waals surface area contributed by atoms with Gasteiger partial charge in [0.25, 0.3) is 0 Å². The molecule has 0 bridgehead atoms. The van der Waals surface area contributed by atoms with Crippen LogP contribution in [0.5, 0.6) is 0 Å². The van der Waals surface area contributed by atoms with E-state index in [0.717, 1.165) is 18.1 Å². The van der Waals surface area contributed by atoms with Crippen molar-refractivity contribution in [3.05, 3.63) is 48.3 Å². The number of nitrogens with one attached hydrogen (secondary N) is 1. The van der Waals surface area contributed by atoms with Crippen LogP contribution in [0.4, 0.5) is 10.1 Å². The van der Waals surface area contributed by atoms with Crippen molar-refractivity contribution in [2.75, 3.05) is 5.32 Å². The summed E-state index contributed by atoms with van der Waals surface area (Å²) in [5, 5.41) is 3.14. The van der Waals surface area contributed by atoms with Crippen LogP contribution in [0.15, 0.2) is 36.7 Å². The summed E-state index contributed by atoms with van der Waals surface area (Å²) in [6.45, 7) is 3.55. The highest BCUT2D eigenvalue weighted by Crippen LogP contribution is 2.10. The number of hydrogen-bond acceptors (Lipinski definition) is 2. The van der Waals surface area contributed by atoms with Crippen LogP contribution < -0.4 is 5.32 Å². The van der Waals surface area contributed by atoms with E-state index in [1.165, 1.54) is 12.1 Å². The average molecular weight is 219 g/mol. The van der Waals surface area contributed by atoms with E-state index in [1.807, 2.05) is 16.8 Å². The molecule has 0 atom stereocenters. The highest BCUT2D eigenvalue weighted by Gasteiger charge is 2.00. The van der Waals surface area contributed by atoms with E-state index in [9.17, 15) is 4.39 Å². The van der Waals surface area contributed by atoms with E-state index < -0.39 is 0 Å². The van der Waals surface area contributed by atoms with Crippen LogP contribution in [0.3, 0.4) is 0 Å². The zero-order chi connectivity index (χ0) is 11.4. The van der Waals surface area contributed by atoms with Crippen LogP contribution in [0.25, 0.3) is 0 Å². The van der Waals surface area contributed by atoms with Gasteiger partial charge < -0.3 is 9.88 Å². The van der Waals surface area contributed by atoms with Crippen molar-refractivity contribution in [2.24, 2.45) is 0 Å². The fourth-order valence-electron chi connectivity index (χ4n) is 1.57. The lowest BCUT2D eigenvalue weighted by Gasteiger charge is -2.07. The minimum absolute atomic E-state index is 0.233. The van der Waals surface area contributed by atoms with Gasteiger partial charge in [-0.25, -0.2) is 9.37 Å². The van der Waals surface area contributed by atoms with E-state index in [2.05, 4.69) is 17.2 Å². The molecule has 0 fully saturated rings. The largest absolute Gasteiger partial charge is 0.378 e. The van der Waals surface area contributed by atoms with Crippen LogP contribution in [-0.4, -0.2) is 9.55 Å². The molecule has 0 unspecified atom stereocenters. The molecule has 1 N–H and O–H groups in total. The summed E-state index contributed by atoms with van der Waals surface area (Å²) in [7, 11) is 0. The predicted molar refractivity (Wildman–Crippen MR) is 61.6 cm³/mol. The second-order valence-corrected chi connectivity index (χ2v) is 3.49. The Morgan fingerprint density at radius 3 is 3.06 bits per heavy atom. The summed E-state index contributed by atoms with van der Waals surface area (Å²) in [5.74, 6) is 0.718. The summed E-state index contributed by atoms with van der Waals surface area (Å²) in [6, 6.07) is 6.42.